The number of nitrogens with zero attached hydrogens (tertiary/aromatic N) is 2. The maximum Gasteiger partial charge on any atom is 0.416 e. The average Bonchev–Trinajstić information content (AvgIpc) is 3.16. The fourth-order valence-electron chi connectivity index (χ4n) is 2.65. The van der Waals surface area contributed by atoms with Gasteiger partial charge in [-0.05, 0) is 30.3 Å². The summed E-state index contributed by atoms with van der Waals surface area (Å²) < 4.78 is 57.4. The van der Waals surface area contributed by atoms with Crippen LogP contribution in [-0.2, 0) is 19.3 Å². The van der Waals surface area contributed by atoms with Gasteiger partial charge in [-0.25, -0.2) is 4.39 Å². The fourth-order valence-corrected chi connectivity index (χ4v) is 3.29. The summed E-state index contributed by atoms with van der Waals surface area (Å²) in [6.45, 7) is 1.71. The Bertz CT molecular complexity index is 867. The summed E-state index contributed by atoms with van der Waals surface area (Å²) in [4.78, 5) is 7.09. The molecule has 0 aliphatic carbocycles. The lowest BCUT2D eigenvalue weighted by Crippen LogP contribution is -2.28. The second-order valence-electron chi connectivity index (χ2n) is 6.14. The molecule has 0 saturated carbocycles. The van der Waals surface area contributed by atoms with Gasteiger partial charge in [0.25, 0.3) is 0 Å². The summed E-state index contributed by atoms with van der Waals surface area (Å²) in [5.41, 5.74) is 1.59. The maximum absolute atomic E-state index is 14.0. The van der Waals surface area contributed by atoms with E-state index in [0.717, 1.165) is 17.0 Å². The molecule has 148 valence electrons. The van der Waals surface area contributed by atoms with Gasteiger partial charge in [-0.3, -0.25) is 9.88 Å². The molecule has 0 N–H and O–H groups in total. The Labute approximate surface area is 164 Å². The Morgan fingerprint density at radius 1 is 1.00 bits per heavy atom. The zero-order valence-electron chi connectivity index (χ0n) is 14.8. The van der Waals surface area contributed by atoms with Gasteiger partial charge >= 0.3 is 6.18 Å². The van der Waals surface area contributed by atoms with Gasteiger partial charge in [-0.1, -0.05) is 18.2 Å². The quantitative estimate of drug-likeness (QED) is 0.466. The van der Waals surface area contributed by atoms with Gasteiger partial charge in [0, 0.05) is 36.3 Å². The molecule has 3 nitrogen and oxygen atoms in total. The van der Waals surface area contributed by atoms with Crippen molar-refractivity contribution in [2.75, 3.05) is 13.2 Å². The molecule has 0 aliphatic rings. The van der Waals surface area contributed by atoms with Crippen molar-refractivity contribution in [2.24, 2.45) is 0 Å². The third kappa shape index (κ3) is 5.77. The van der Waals surface area contributed by atoms with E-state index in [9.17, 15) is 17.6 Å². The molecule has 0 radical (unpaired) electrons. The first-order chi connectivity index (χ1) is 13.4. The summed E-state index contributed by atoms with van der Waals surface area (Å²) in [7, 11) is 0. The molecule has 0 amide bonds. The van der Waals surface area contributed by atoms with Crippen molar-refractivity contribution < 1.29 is 22.3 Å². The van der Waals surface area contributed by atoms with E-state index in [0.29, 0.717) is 30.9 Å². The van der Waals surface area contributed by atoms with Crippen LogP contribution in [0.15, 0.2) is 60.2 Å². The molecule has 3 aromatic rings. The smallest absolute Gasteiger partial charge is 0.416 e. The van der Waals surface area contributed by atoms with Crippen molar-refractivity contribution in [3.63, 3.8) is 0 Å². The lowest BCUT2D eigenvalue weighted by molar-refractivity contribution is -0.137. The van der Waals surface area contributed by atoms with Crippen molar-refractivity contribution in [3.8, 4) is 5.75 Å². The minimum Gasteiger partial charge on any atom is -0.492 e. The van der Waals surface area contributed by atoms with Gasteiger partial charge in [0.2, 0.25) is 0 Å². The highest BCUT2D eigenvalue weighted by Crippen LogP contribution is 2.30. The molecule has 1 aromatic heterocycles. The number of benzene rings is 2. The summed E-state index contributed by atoms with van der Waals surface area (Å²) in [6, 6.07) is 11.1. The first kappa shape index (κ1) is 20.3. The van der Waals surface area contributed by atoms with Crippen LogP contribution >= 0.6 is 11.3 Å². The van der Waals surface area contributed by atoms with Crippen LogP contribution in [0.3, 0.4) is 0 Å². The zero-order valence-corrected chi connectivity index (χ0v) is 15.6. The number of ether oxygens (including phenoxy) is 1. The van der Waals surface area contributed by atoms with Gasteiger partial charge in [0.1, 0.15) is 18.2 Å². The Morgan fingerprint density at radius 3 is 2.39 bits per heavy atom. The molecule has 1 heterocycles. The predicted molar refractivity (Wildman–Crippen MR) is 99.6 cm³/mol. The summed E-state index contributed by atoms with van der Waals surface area (Å²) in [5, 5.41) is 0. The number of thiazole rings is 1. The number of rotatable bonds is 8. The minimum absolute atomic E-state index is 0.263. The largest absolute Gasteiger partial charge is 0.492 e. The SMILES string of the molecule is Fc1ccccc1CN(CCOc1ccc(C(F)(F)F)cc1)Cc1cncs1. The summed E-state index contributed by atoms with van der Waals surface area (Å²) in [6.07, 6.45) is -2.61. The van der Waals surface area contributed by atoms with E-state index in [-0.39, 0.29) is 12.4 Å². The van der Waals surface area contributed by atoms with Crippen molar-refractivity contribution >= 4 is 11.3 Å². The van der Waals surface area contributed by atoms with Crippen molar-refractivity contribution in [1.29, 1.82) is 0 Å². The molecule has 0 saturated heterocycles. The topological polar surface area (TPSA) is 25.4 Å². The lowest BCUT2D eigenvalue weighted by Gasteiger charge is -2.22. The molecular weight excluding hydrogens is 392 g/mol. The molecule has 2 aromatic carbocycles. The Balaban J connectivity index is 1.60. The fraction of sp³-hybridized carbons (Fsp3) is 0.250. The van der Waals surface area contributed by atoms with Crippen LogP contribution in [0.1, 0.15) is 16.0 Å². The normalized spacial score (nSPS) is 11.8. The van der Waals surface area contributed by atoms with Crippen LogP contribution in [0.4, 0.5) is 17.6 Å². The number of halogens is 4. The third-order valence-corrected chi connectivity index (χ3v) is 4.84. The van der Waals surface area contributed by atoms with E-state index < -0.39 is 11.7 Å². The Kier molecular flexibility index (Phi) is 6.64. The Hall–Kier alpha value is -2.45. The second kappa shape index (κ2) is 9.16. The van der Waals surface area contributed by atoms with E-state index >= 15 is 0 Å². The van der Waals surface area contributed by atoms with Gasteiger partial charge in [0.15, 0.2) is 0 Å². The molecule has 0 bridgehead atoms. The second-order valence-corrected chi connectivity index (χ2v) is 7.11. The highest BCUT2D eigenvalue weighted by atomic mass is 32.1. The van der Waals surface area contributed by atoms with Crippen molar-refractivity contribution in [2.45, 2.75) is 19.3 Å². The van der Waals surface area contributed by atoms with Gasteiger partial charge in [0.05, 0.1) is 11.1 Å². The van der Waals surface area contributed by atoms with Crippen LogP contribution in [0, 0.1) is 5.82 Å². The van der Waals surface area contributed by atoms with E-state index in [1.807, 2.05) is 4.90 Å². The molecule has 8 heteroatoms. The van der Waals surface area contributed by atoms with Gasteiger partial charge in [-0.15, -0.1) is 11.3 Å². The molecule has 0 spiro atoms. The van der Waals surface area contributed by atoms with Crippen LogP contribution in [0.5, 0.6) is 5.75 Å². The van der Waals surface area contributed by atoms with Crippen molar-refractivity contribution in [3.05, 3.63) is 82.1 Å². The molecule has 0 unspecified atom stereocenters. The van der Waals surface area contributed by atoms with Gasteiger partial charge < -0.3 is 4.74 Å². The monoisotopic (exact) mass is 410 g/mol. The molecule has 28 heavy (non-hydrogen) atoms. The van der Waals surface area contributed by atoms with E-state index in [1.165, 1.54) is 29.5 Å². The minimum atomic E-state index is -4.37. The first-order valence-corrected chi connectivity index (χ1v) is 9.43. The number of hydrogen-bond donors (Lipinski definition) is 0. The standard InChI is InChI=1S/C20H18F4N2OS/c21-19-4-2-1-3-15(19)12-26(13-18-11-25-14-28-18)9-10-27-17-7-5-16(6-8-17)20(22,23)24/h1-8,11,14H,9-10,12-13H2. The maximum atomic E-state index is 14.0. The van der Waals surface area contributed by atoms with E-state index in [2.05, 4.69) is 4.98 Å². The lowest BCUT2D eigenvalue weighted by atomic mass is 10.2. The summed E-state index contributed by atoms with van der Waals surface area (Å²) >= 11 is 1.51. The number of alkyl halides is 3. The van der Waals surface area contributed by atoms with Crippen LogP contribution in [-0.4, -0.2) is 23.0 Å². The third-order valence-electron chi connectivity index (χ3n) is 4.07. The molecule has 0 fully saturated rings. The first-order valence-electron chi connectivity index (χ1n) is 8.55. The van der Waals surface area contributed by atoms with E-state index in [1.54, 1.807) is 29.9 Å². The van der Waals surface area contributed by atoms with Gasteiger partial charge in [-0.2, -0.15) is 13.2 Å². The zero-order chi connectivity index (χ0) is 20.0. The summed E-state index contributed by atoms with van der Waals surface area (Å²) in [5.74, 6) is 0.0806. The highest BCUT2D eigenvalue weighted by Gasteiger charge is 2.30. The molecule has 0 aliphatic heterocycles. The Morgan fingerprint density at radius 2 is 1.75 bits per heavy atom. The van der Waals surface area contributed by atoms with Crippen LogP contribution in [0.25, 0.3) is 0 Å². The van der Waals surface area contributed by atoms with Crippen LogP contribution < -0.4 is 4.74 Å². The highest BCUT2D eigenvalue weighted by molar-refractivity contribution is 7.09. The average molecular weight is 410 g/mol. The number of aromatic nitrogens is 1. The van der Waals surface area contributed by atoms with Crippen LogP contribution in [0.2, 0.25) is 0 Å². The van der Waals surface area contributed by atoms with Crippen molar-refractivity contribution in [1.82, 2.24) is 9.88 Å². The predicted octanol–water partition coefficient (Wildman–Crippen LogP) is 5.38. The molecule has 3 rings (SSSR count). The van der Waals surface area contributed by atoms with E-state index in [4.69, 9.17) is 4.74 Å². The molecular formula is C20H18F4N2OS. The molecule has 0 atom stereocenters. The number of hydrogen-bond acceptors (Lipinski definition) is 4.